The number of H-pyrrole nitrogens is 1. The largest absolute Gasteiger partial charge is 0.444 e. The lowest BCUT2D eigenvalue weighted by atomic mass is 9.97. The highest BCUT2D eigenvalue weighted by molar-refractivity contribution is 5.99. The Morgan fingerprint density at radius 3 is 2.08 bits per heavy atom. The molecule has 0 spiro atoms. The van der Waals surface area contributed by atoms with Crippen molar-refractivity contribution in [3.8, 4) is 0 Å². The molecule has 1 aromatic rings. The minimum absolute atomic E-state index is 0.0231. The first-order valence-electron chi connectivity index (χ1n) is 21.4. The number of likely N-dealkylation sites (N-methyl/N-ethyl adjacent to an activating group) is 2. The Morgan fingerprint density at radius 2 is 1.48 bits per heavy atom. The normalized spacial score (nSPS) is 28.0. The Hall–Kier alpha value is -3.69. The van der Waals surface area contributed by atoms with Crippen LogP contribution in [0.1, 0.15) is 111 Å². The third-order valence-corrected chi connectivity index (χ3v) is 11.0. The number of hydrogen-bond donors (Lipinski definition) is 7. The molecule has 2 saturated heterocycles. The minimum atomic E-state index is -1.81. The van der Waals surface area contributed by atoms with Crippen LogP contribution in [0.2, 0.25) is 0 Å². The maximum atomic E-state index is 14.4. The predicted molar refractivity (Wildman–Crippen MR) is 218 cm³/mol. The van der Waals surface area contributed by atoms with E-state index >= 15 is 0 Å². The number of amides is 3. The van der Waals surface area contributed by atoms with Crippen molar-refractivity contribution in [2.45, 2.75) is 172 Å². The van der Waals surface area contributed by atoms with Gasteiger partial charge in [-0.15, -0.1) is 0 Å². The zero-order valence-electron chi connectivity index (χ0n) is 35.9. The van der Waals surface area contributed by atoms with Crippen molar-refractivity contribution in [1.29, 1.82) is 0 Å². The zero-order valence-corrected chi connectivity index (χ0v) is 35.9. The van der Waals surface area contributed by atoms with Gasteiger partial charge in [-0.25, -0.2) is 9.59 Å². The third kappa shape index (κ3) is 13.4. The van der Waals surface area contributed by atoms with E-state index < -0.39 is 96.0 Å². The second-order valence-electron chi connectivity index (χ2n) is 17.0. The van der Waals surface area contributed by atoms with Crippen molar-refractivity contribution in [2.24, 2.45) is 0 Å². The van der Waals surface area contributed by atoms with Gasteiger partial charge in [-0.3, -0.25) is 28.8 Å². The SMILES string of the molecule is CCCCCCCCCCCCCCNC(=O)C1=CCN(C)[C@@H]([C@H](O[C@@H]2O[C@H](CNC(=O)OC(C)(C)C)[C@@H](O)[C@H]2O)[C@H]2O[C@@H](n3ccc(=O)[nH]c3=O)[C@H](O)[C@@H]2O)C(=O)N1C. The summed E-state index contributed by atoms with van der Waals surface area (Å²) in [5, 5.41) is 50.0. The average Bonchev–Trinajstić information content (AvgIpc) is 3.58. The van der Waals surface area contributed by atoms with E-state index in [-0.39, 0.29) is 18.8 Å². The van der Waals surface area contributed by atoms with Crippen LogP contribution in [0, 0.1) is 0 Å². The Kier molecular flexibility index (Phi) is 18.7. The van der Waals surface area contributed by atoms with Crippen molar-refractivity contribution >= 4 is 17.9 Å². The Balaban J connectivity index is 1.45. The molecule has 0 bridgehead atoms. The molecule has 0 unspecified atom stereocenters. The van der Waals surface area contributed by atoms with Gasteiger partial charge in [0, 0.05) is 38.9 Å². The summed E-state index contributed by atoms with van der Waals surface area (Å²) in [6, 6.07) is -0.355. The standard InChI is InChI=1S/C41H68N6O13/c1-7-8-9-10-11-12-13-14-15-16-17-18-21-42-35(53)25-19-22-45(5)28(36(54)46(25)6)33(34-30(50)31(51)37(58-34)47-23-20-27(48)44-39(47)55)59-38-32(52)29(49)26(57-38)24-43-40(56)60-41(2,3)4/h19-20,23,26,28-34,37-38,49-52H,7-18,21-22,24H2,1-6H3,(H,42,53)(H,43,56)(H,44,48,55)/t26-,28+,29-,30+,31-,32-,33+,34+,37-,38+/m1/s1. The number of unbranched alkanes of at least 4 members (excludes halogenated alkanes) is 11. The number of rotatable bonds is 21. The van der Waals surface area contributed by atoms with E-state index in [1.807, 2.05) is 0 Å². The van der Waals surface area contributed by atoms with Gasteiger partial charge in [0.25, 0.3) is 11.5 Å². The minimum Gasteiger partial charge on any atom is -0.444 e. The number of nitrogens with one attached hydrogen (secondary N) is 3. The molecule has 3 amide bonds. The number of hydrogen-bond acceptors (Lipinski definition) is 14. The van der Waals surface area contributed by atoms with E-state index in [0.717, 1.165) is 47.4 Å². The summed E-state index contributed by atoms with van der Waals surface area (Å²) in [6.45, 7) is 7.37. The van der Waals surface area contributed by atoms with Crippen LogP contribution in [-0.4, -0.2) is 152 Å². The number of aromatic nitrogens is 2. The molecule has 3 aliphatic rings. The van der Waals surface area contributed by atoms with Crippen molar-refractivity contribution in [3.05, 3.63) is 44.9 Å². The molecule has 0 saturated carbocycles. The molecule has 3 aliphatic heterocycles. The van der Waals surface area contributed by atoms with Crippen LogP contribution in [0.4, 0.5) is 4.79 Å². The van der Waals surface area contributed by atoms with Gasteiger partial charge in [0.1, 0.15) is 60.1 Å². The summed E-state index contributed by atoms with van der Waals surface area (Å²) in [7, 11) is 2.97. The van der Waals surface area contributed by atoms with E-state index in [0.29, 0.717) is 6.54 Å². The first-order chi connectivity index (χ1) is 28.4. The van der Waals surface area contributed by atoms with Gasteiger partial charge >= 0.3 is 11.8 Å². The molecule has 1 aromatic heterocycles. The summed E-state index contributed by atoms with van der Waals surface area (Å²) in [5.74, 6) is -1.15. The summed E-state index contributed by atoms with van der Waals surface area (Å²) in [6.07, 6.45) is 1.43. The Morgan fingerprint density at radius 1 is 0.867 bits per heavy atom. The van der Waals surface area contributed by atoms with E-state index in [2.05, 4.69) is 22.5 Å². The van der Waals surface area contributed by atoms with Gasteiger partial charge in [-0.05, 0) is 40.3 Å². The first-order valence-corrected chi connectivity index (χ1v) is 21.4. The van der Waals surface area contributed by atoms with Crippen LogP contribution in [0.25, 0.3) is 0 Å². The van der Waals surface area contributed by atoms with Gasteiger partial charge < -0.3 is 54.9 Å². The molecule has 60 heavy (non-hydrogen) atoms. The van der Waals surface area contributed by atoms with Gasteiger partial charge in [-0.2, -0.15) is 0 Å². The number of aromatic amines is 1. The third-order valence-electron chi connectivity index (χ3n) is 11.0. The van der Waals surface area contributed by atoms with E-state index in [1.165, 1.54) is 63.3 Å². The summed E-state index contributed by atoms with van der Waals surface area (Å²) in [5.41, 5.74) is -2.40. The molecule has 10 atom stereocenters. The smallest absolute Gasteiger partial charge is 0.407 e. The maximum Gasteiger partial charge on any atom is 0.407 e. The number of aliphatic hydroxyl groups excluding tert-OH is 4. The number of alkyl carbamates (subject to hydrolysis) is 1. The quantitative estimate of drug-likeness (QED) is 0.0853. The van der Waals surface area contributed by atoms with Crippen LogP contribution in [0.3, 0.4) is 0 Å². The van der Waals surface area contributed by atoms with Gasteiger partial charge in [-0.1, -0.05) is 77.6 Å². The molecule has 2 fully saturated rings. The molecule has 0 aliphatic carbocycles. The molecule has 340 valence electrons. The highest BCUT2D eigenvalue weighted by Crippen LogP contribution is 2.36. The molecule has 19 heteroatoms. The number of ether oxygens (including phenoxy) is 4. The summed E-state index contributed by atoms with van der Waals surface area (Å²) >= 11 is 0. The van der Waals surface area contributed by atoms with Crippen molar-refractivity contribution in [3.63, 3.8) is 0 Å². The number of carbonyl (C=O) groups is 3. The maximum absolute atomic E-state index is 14.4. The van der Waals surface area contributed by atoms with Crippen molar-refractivity contribution in [1.82, 2.24) is 30.0 Å². The van der Waals surface area contributed by atoms with Crippen LogP contribution in [0.15, 0.2) is 33.6 Å². The second kappa shape index (κ2) is 23.0. The molecule has 0 radical (unpaired) electrons. The lowest BCUT2D eigenvalue weighted by molar-refractivity contribution is -0.233. The van der Waals surface area contributed by atoms with E-state index in [9.17, 15) is 44.4 Å². The molecule has 0 aromatic carbocycles. The van der Waals surface area contributed by atoms with Crippen LogP contribution in [0.5, 0.6) is 0 Å². The van der Waals surface area contributed by atoms with Gasteiger partial charge in [0.05, 0.1) is 0 Å². The fourth-order valence-corrected chi connectivity index (χ4v) is 7.68. The topological polar surface area (TPSA) is 254 Å². The predicted octanol–water partition coefficient (Wildman–Crippen LogP) is 0.986. The molecular formula is C41H68N6O13. The molecule has 4 rings (SSSR count). The highest BCUT2D eigenvalue weighted by atomic mass is 16.7. The molecule has 4 heterocycles. The zero-order chi connectivity index (χ0) is 44.1. The Labute approximate surface area is 351 Å². The Bertz CT molecular complexity index is 1700. The lowest BCUT2D eigenvalue weighted by Crippen LogP contribution is -2.59. The van der Waals surface area contributed by atoms with Gasteiger partial charge in [0.15, 0.2) is 12.5 Å². The summed E-state index contributed by atoms with van der Waals surface area (Å²) < 4.78 is 24.3. The van der Waals surface area contributed by atoms with E-state index in [4.69, 9.17) is 18.9 Å². The number of carbonyl (C=O) groups excluding carboxylic acids is 3. The molecule has 7 N–H and O–H groups in total. The lowest BCUT2D eigenvalue weighted by Gasteiger charge is -2.38. The van der Waals surface area contributed by atoms with E-state index in [1.54, 1.807) is 33.9 Å². The first kappa shape index (κ1) is 49.0. The second-order valence-corrected chi connectivity index (χ2v) is 17.0. The number of nitrogens with zero attached hydrogens (tertiary/aromatic N) is 3. The molecule has 19 nitrogen and oxygen atoms in total. The fraction of sp³-hybridized carbons (Fsp3) is 0.780. The van der Waals surface area contributed by atoms with Crippen LogP contribution >= 0.6 is 0 Å². The average molecular weight is 853 g/mol. The number of aliphatic hydroxyl groups is 4. The van der Waals surface area contributed by atoms with Crippen LogP contribution in [-0.2, 0) is 28.5 Å². The highest BCUT2D eigenvalue weighted by Gasteiger charge is 2.55. The molecular weight excluding hydrogens is 784 g/mol. The van der Waals surface area contributed by atoms with Crippen LogP contribution < -0.4 is 21.9 Å². The van der Waals surface area contributed by atoms with Crippen molar-refractivity contribution in [2.75, 3.05) is 33.7 Å². The summed E-state index contributed by atoms with van der Waals surface area (Å²) in [4.78, 5) is 69.5. The van der Waals surface area contributed by atoms with Gasteiger partial charge in [0.2, 0.25) is 5.91 Å². The fourth-order valence-electron chi connectivity index (χ4n) is 7.68. The van der Waals surface area contributed by atoms with Crippen molar-refractivity contribution < 1.29 is 53.8 Å². The monoisotopic (exact) mass is 852 g/mol.